The number of hydrogen-bond donors (Lipinski definition) is 1. The molecule has 0 spiro atoms. The Hall–Kier alpha value is -0.840. The first-order valence-electron chi connectivity index (χ1n) is 7.23. The van der Waals surface area contributed by atoms with E-state index in [4.69, 9.17) is 9.15 Å². The number of hydrogen-bond acceptors (Lipinski definition) is 4. The van der Waals surface area contributed by atoms with Crippen LogP contribution in [-0.2, 0) is 17.7 Å². The van der Waals surface area contributed by atoms with Gasteiger partial charge >= 0.3 is 0 Å². The Morgan fingerprint density at radius 2 is 1.89 bits per heavy atom. The molecule has 0 atom stereocenters. The van der Waals surface area contributed by atoms with Crippen molar-refractivity contribution in [3.05, 3.63) is 23.7 Å². The second-order valence-corrected chi connectivity index (χ2v) is 5.74. The molecule has 0 bridgehead atoms. The van der Waals surface area contributed by atoms with Gasteiger partial charge in [-0.25, -0.2) is 0 Å². The Labute approximate surface area is 116 Å². The number of nitrogens with one attached hydrogen (secondary N) is 1. The highest BCUT2D eigenvalue weighted by molar-refractivity contribution is 5.06. The summed E-state index contributed by atoms with van der Waals surface area (Å²) in [5.41, 5.74) is 0.157. The lowest BCUT2D eigenvalue weighted by Gasteiger charge is -2.41. The Kier molecular flexibility index (Phi) is 5.02. The Bertz CT molecular complexity index is 381. The summed E-state index contributed by atoms with van der Waals surface area (Å²) in [7, 11) is 0. The molecule has 1 aliphatic rings. The SMILES string of the molecule is CCc1ccc(CNCC(C)(C)N2CCOCC2)o1. The van der Waals surface area contributed by atoms with Crippen LogP contribution in [0, 0.1) is 0 Å². The first kappa shape index (κ1) is 14.6. The van der Waals surface area contributed by atoms with Gasteiger partial charge in [-0.2, -0.15) is 0 Å². The maximum absolute atomic E-state index is 5.70. The Morgan fingerprint density at radius 1 is 1.21 bits per heavy atom. The number of morpholine rings is 1. The van der Waals surface area contributed by atoms with Crippen LogP contribution in [0.1, 0.15) is 32.3 Å². The van der Waals surface area contributed by atoms with Gasteiger partial charge in [0.05, 0.1) is 19.8 Å². The van der Waals surface area contributed by atoms with Gasteiger partial charge in [-0.15, -0.1) is 0 Å². The summed E-state index contributed by atoms with van der Waals surface area (Å²) in [6.45, 7) is 12.2. The minimum atomic E-state index is 0.157. The number of nitrogens with zero attached hydrogens (tertiary/aromatic N) is 1. The maximum Gasteiger partial charge on any atom is 0.117 e. The van der Waals surface area contributed by atoms with Crippen LogP contribution >= 0.6 is 0 Å². The quantitative estimate of drug-likeness (QED) is 0.855. The van der Waals surface area contributed by atoms with Crippen LogP contribution < -0.4 is 5.32 Å². The van der Waals surface area contributed by atoms with Crippen molar-refractivity contribution in [2.75, 3.05) is 32.8 Å². The lowest BCUT2D eigenvalue weighted by molar-refractivity contribution is -0.00977. The molecule has 0 saturated carbocycles. The molecule has 1 aromatic heterocycles. The third kappa shape index (κ3) is 4.06. The van der Waals surface area contributed by atoms with E-state index in [1.54, 1.807) is 0 Å². The zero-order chi connectivity index (χ0) is 13.7. The van der Waals surface area contributed by atoms with Gasteiger partial charge in [-0.1, -0.05) is 6.92 Å². The smallest absolute Gasteiger partial charge is 0.117 e. The number of furan rings is 1. The van der Waals surface area contributed by atoms with Gasteiger partial charge in [0.1, 0.15) is 11.5 Å². The van der Waals surface area contributed by atoms with Gasteiger partial charge in [-0.05, 0) is 26.0 Å². The topological polar surface area (TPSA) is 37.6 Å². The van der Waals surface area contributed by atoms with Gasteiger partial charge in [0.15, 0.2) is 0 Å². The third-order valence-corrected chi connectivity index (χ3v) is 3.79. The fourth-order valence-electron chi connectivity index (χ4n) is 2.48. The van der Waals surface area contributed by atoms with Crippen molar-refractivity contribution in [3.8, 4) is 0 Å². The largest absolute Gasteiger partial charge is 0.465 e. The molecule has 1 aliphatic heterocycles. The van der Waals surface area contributed by atoms with Gasteiger partial charge < -0.3 is 14.5 Å². The fraction of sp³-hybridized carbons (Fsp3) is 0.733. The molecule has 0 aliphatic carbocycles. The van der Waals surface area contributed by atoms with Crippen molar-refractivity contribution in [1.29, 1.82) is 0 Å². The van der Waals surface area contributed by atoms with Crippen LogP contribution in [0.15, 0.2) is 16.5 Å². The first-order valence-corrected chi connectivity index (χ1v) is 7.23. The third-order valence-electron chi connectivity index (χ3n) is 3.79. The van der Waals surface area contributed by atoms with Crippen LogP contribution in [0.4, 0.5) is 0 Å². The van der Waals surface area contributed by atoms with Gasteiger partial charge in [0.2, 0.25) is 0 Å². The number of rotatable bonds is 6. The summed E-state index contributed by atoms with van der Waals surface area (Å²) >= 11 is 0. The molecule has 19 heavy (non-hydrogen) atoms. The summed E-state index contributed by atoms with van der Waals surface area (Å²) in [5.74, 6) is 2.08. The van der Waals surface area contributed by atoms with Crippen molar-refractivity contribution < 1.29 is 9.15 Å². The van der Waals surface area contributed by atoms with E-state index in [1.165, 1.54) is 0 Å². The summed E-state index contributed by atoms with van der Waals surface area (Å²) in [6, 6.07) is 4.12. The van der Waals surface area contributed by atoms with E-state index < -0.39 is 0 Å². The molecule has 1 aromatic rings. The summed E-state index contributed by atoms with van der Waals surface area (Å²) < 4.78 is 11.1. The van der Waals surface area contributed by atoms with Crippen molar-refractivity contribution in [2.45, 2.75) is 39.3 Å². The van der Waals surface area contributed by atoms with E-state index >= 15 is 0 Å². The maximum atomic E-state index is 5.70. The Morgan fingerprint density at radius 3 is 2.53 bits per heavy atom. The van der Waals surface area contributed by atoms with Crippen LogP contribution in [0.5, 0.6) is 0 Å². The zero-order valence-electron chi connectivity index (χ0n) is 12.4. The highest BCUT2D eigenvalue weighted by atomic mass is 16.5. The molecule has 0 amide bonds. The normalized spacial score (nSPS) is 17.8. The van der Waals surface area contributed by atoms with Crippen LogP contribution in [0.2, 0.25) is 0 Å². The molecule has 0 aromatic carbocycles. The average molecular weight is 266 g/mol. The van der Waals surface area contributed by atoms with Crippen molar-refractivity contribution in [1.82, 2.24) is 10.2 Å². The van der Waals surface area contributed by atoms with Gasteiger partial charge in [0.25, 0.3) is 0 Å². The molecule has 1 N–H and O–H groups in total. The summed E-state index contributed by atoms with van der Waals surface area (Å²) in [6.07, 6.45) is 0.958. The Balaban J connectivity index is 1.77. The lowest BCUT2D eigenvalue weighted by atomic mass is 10.0. The predicted molar refractivity (Wildman–Crippen MR) is 76.3 cm³/mol. The zero-order valence-corrected chi connectivity index (χ0v) is 12.4. The predicted octanol–water partition coefficient (Wildman–Crippen LogP) is 2.04. The summed E-state index contributed by atoms with van der Waals surface area (Å²) in [4.78, 5) is 2.49. The molecular formula is C15H26N2O2. The monoisotopic (exact) mass is 266 g/mol. The van der Waals surface area contributed by atoms with Crippen LogP contribution in [0.3, 0.4) is 0 Å². The molecular weight excluding hydrogens is 240 g/mol. The number of aryl methyl sites for hydroxylation is 1. The first-order chi connectivity index (χ1) is 9.12. The molecule has 4 heteroatoms. The fourth-order valence-corrected chi connectivity index (χ4v) is 2.48. The van der Waals surface area contributed by atoms with Crippen molar-refractivity contribution in [3.63, 3.8) is 0 Å². The minimum absolute atomic E-state index is 0.157. The number of ether oxygens (including phenoxy) is 1. The van der Waals surface area contributed by atoms with Crippen LogP contribution in [0.25, 0.3) is 0 Å². The highest BCUT2D eigenvalue weighted by Crippen LogP contribution is 2.15. The molecule has 0 unspecified atom stereocenters. The van der Waals surface area contributed by atoms with E-state index in [1.807, 2.05) is 0 Å². The van der Waals surface area contributed by atoms with E-state index in [0.717, 1.165) is 57.3 Å². The second kappa shape index (κ2) is 6.55. The summed E-state index contributed by atoms with van der Waals surface area (Å²) in [5, 5.41) is 3.50. The minimum Gasteiger partial charge on any atom is -0.465 e. The van der Waals surface area contributed by atoms with Crippen LogP contribution in [-0.4, -0.2) is 43.3 Å². The molecule has 1 saturated heterocycles. The standard InChI is InChI=1S/C15H26N2O2/c1-4-13-5-6-14(19-13)11-16-12-15(2,3)17-7-9-18-10-8-17/h5-6,16H,4,7-12H2,1-3H3. The lowest BCUT2D eigenvalue weighted by Crippen LogP contribution is -2.54. The molecule has 0 radical (unpaired) electrons. The van der Waals surface area contributed by atoms with E-state index in [9.17, 15) is 0 Å². The molecule has 4 nitrogen and oxygen atoms in total. The van der Waals surface area contributed by atoms with Crippen molar-refractivity contribution in [2.24, 2.45) is 0 Å². The average Bonchev–Trinajstić information content (AvgIpc) is 2.87. The van der Waals surface area contributed by atoms with Crippen molar-refractivity contribution >= 4 is 0 Å². The molecule has 2 heterocycles. The molecule has 2 rings (SSSR count). The van der Waals surface area contributed by atoms with E-state index in [-0.39, 0.29) is 5.54 Å². The van der Waals surface area contributed by atoms with Gasteiger partial charge in [-0.3, -0.25) is 4.90 Å². The van der Waals surface area contributed by atoms with Gasteiger partial charge in [0, 0.05) is 31.6 Å². The molecule has 108 valence electrons. The highest BCUT2D eigenvalue weighted by Gasteiger charge is 2.27. The second-order valence-electron chi connectivity index (χ2n) is 5.74. The van der Waals surface area contributed by atoms with E-state index in [2.05, 4.69) is 43.1 Å². The molecule has 1 fully saturated rings. The van der Waals surface area contributed by atoms with E-state index in [0.29, 0.717) is 0 Å².